The predicted octanol–water partition coefficient (Wildman–Crippen LogP) is -0.983. The Kier molecular flexibility index (Phi) is 1.67. The Bertz CT molecular complexity index is 101. The van der Waals surface area contributed by atoms with Gasteiger partial charge in [-0.2, -0.15) is 0 Å². The summed E-state index contributed by atoms with van der Waals surface area (Å²) in [5.74, 6) is 0. The minimum atomic E-state index is 0. The number of fused-ring (bicyclic) bond motifs is 2. The minimum Gasteiger partial charge on any atom is -0.313 e. The van der Waals surface area contributed by atoms with E-state index < -0.39 is 0 Å². The van der Waals surface area contributed by atoms with Gasteiger partial charge in [-0.05, 0) is 0 Å². The van der Waals surface area contributed by atoms with Gasteiger partial charge in [0.05, 0.1) is 0 Å². The maximum atomic E-state index is 4.58. The first-order chi connectivity index (χ1) is 3.93. The van der Waals surface area contributed by atoms with Gasteiger partial charge in [0.2, 0.25) is 25.2 Å². The van der Waals surface area contributed by atoms with E-state index in [0.29, 0.717) is 0 Å². The van der Waals surface area contributed by atoms with Crippen molar-refractivity contribution in [3.05, 3.63) is 0 Å². The van der Waals surface area contributed by atoms with Crippen molar-refractivity contribution in [2.75, 3.05) is 0 Å². The van der Waals surface area contributed by atoms with Crippen LogP contribution in [0.15, 0.2) is 0 Å². The summed E-state index contributed by atoms with van der Waals surface area (Å²) in [7, 11) is 0. The smallest absolute Gasteiger partial charge is 0.215 e. The van der Waals surface area contributed by atoms with Gasteiger partial charge in [0.1, 0.15) is 0 Å². The number of ether oxygens (including phenoxy) is 4. The van der Waals surface area contributed by atoms with Crippen molar-refractivity contribution >= 4 is 45.5 Å². The SMILES string of the molecule is O1C2OC12.O1C2OC12.[Sr]. The molecule has 0 aliphatic carbocycles. The van der Waals surface area contributed by atoms with Crippen LogP contribution in [0.3, 0.4) is 0 Å². The molecule has 4 heterocycles. The standard InChI is InChI=1S/2C2H2O2.Sr/c2*3-1-2(3)4-1;/h2*1-2H;. The van der Waals surface area contributed by atoms with Crippen molar-refractivity contribution < 1.29 is 18.9 Å². The molecule has 0 spiro atoms. The molecule has 9 heavy (non-hydrogen) atoms. The van der Waals surface area contributed by atoms with Gasteiger partial charge in [-0.3, -0.25) is 0 Å². The Hall–Kier alpha value is 1.32. The minimum absolute atomic E-state index is 0. The first kappa shape index (κ1) is 7.00. The maximum Gasteiger partial charge on any atom is 0.215 e. The Balaban J connectivity index is 0.0000000667. The van der Waals surface area contributed by atoms with Crippen LogP contribution in [-0.2, 0) is 18.9 Å². The third kappa shape index (κ3) is 1.66. The molecule has 0 N–H and O–H groups in total. The van der Waals surface area contributed by atoms with Crippen LogP contribution in [0.2, 0.25) is 0 Å². The molecular weight excluding hydrogens is 200 g/mol. The summed E-state index contributed by atoms with van der Waals surface area (Å²) in [4.78, 5) is 0. The molecule has 4 aliphatic rings. The van der Waals surface area contributed by atoms with Crippen molar-refractivity contribution in [2.45, 2.75) is 25.2 Å². The molecule has 4 saturated heterocycles. The molecule has 46 valence electrons. The number of hydrogen-bond donors (Lipinski definition) is 0. The third-order valence-electron chi connectivity index (χ3n) is 1.21. The Morgan fingerprint density at radius 1 is 0.556 bits per heavy atom. The van der Waals surface area contributed by atoms with E-state index in [1.54, 1.807) is 0 Å². The van der Waals surface area contributed by atoms with Gasteiger partial charge in [0, 0.05) is 45.5 Å². The first-order valence-electron chi connectivity index (χ1n) is 2.55. The predicted molar refractivity (Wildman–Crippen MR) is 25.2 cm³/mol. The van der Waals surface area contributed by atoms with E-state index in [2.05, 4.69) is 18.9 Å². The quantitative estimate of drug-likeness (QED) is 0.375. The zero-order chi connectivity index (χ0) is 5.14. The second kappa shape index (κ2) is 2.15. The fourth-order valence-corrected chi connectivity index (χ4v) is 0.368. The summed E-state index contributed by atoms with van der Waals surface area (Å²) in [5.41, 5.74) is 0. The zero-order valence-corrected chi connectivity index (χ0v) is 8.13. The van der Waals surface area contributed by atoms with E-state index in [9.17, 15) is 0 Å². The Labute approximate surface area is 88.7 Å². The Morgan fingerprint density at radius 3 is 0.667 bits per heavy atom. The molecule has 0 aromatic carbocycles. The van der Waals surface area contributed by atoms with Crippen molar-refractivity contribution in [1.82, 2.24) is 0 Å². The molecule has 0 saturated carbocycles. The first-order valence-corrected chi connectivity index (χ1v) is 2.55. The summed E-state index contributed by atoms with van der Waals surface area (Å²) in [5, 5.41) is 0. The molecule has 4 fully saturated rings. The fraction of sp³-hybridized carbons (Fsp3) is 1.00. The van der Waals surface area contributed by atoms with Crippen LogP contribution in [0.4, 0.5) is 0 Å². The van der Waals surface area contributed by atoms with Crippen LogP contribution in [0.5, 0.6) is 0 Å². The summed E-state index contributed by atoms with van der Waals surface area (Å²) in [6.45, 7) is 0. The molecule has 2 radical (unpaired) electrons. The number of epoxide rings is 4. The van der Waals surface area contributed by atoms with E-state index in [1.165, 1.54) is 0 Å². The summed E-state index contributed by atoms with van der Waals surface area (Å²) in [6.07, 6.45) is 1.000. The normalized spacial score (nSPS) is 58.7. The molecule has 0 amide bonds. The van der Waals surface area contributed by atoms with Crippen LogP contribution in [0.1, 0.15) is 0 Å². The molecule has 4 nitrogen and oxygen atoms in total. The zero-order valence-electron chi connectivity index (χ0n) is 4.65. The molecule has 4 aliphatic heterocycles. The topological polar surface area (TPSA) is 50.1 Å². The molecule has 0 atom stereocenters. The van der Waals surface area contributed by atoms with Gasteiger partial charge < -0.3 is 18.9 Å². The van der Waals surface area contributed by atoms with Gasteiger partial charge in [-0.25, -0.2) is 0 Å². The molecular formula is C4H4O4Sr. The van der Waals surface area contributed by atoms with Crippen LogP contribution in [0, 0.1) is 0 Å². The van der Waals surface area contributed by atoms with E-state index in [0.717, 1.165) is 0 Å². The van der Waals surface area contributed by atoms with Crippen molar-refractivity contribution in [3.63, 3.8) is 0 Å². The van der Waals surface area contributed by atoms with Gasteiger partial charge in [-0.15, -0.1) is 0 Å². The average Bonchev–Trinajstić information content (AvgIpc) is 2.14. The van der Waals surface area contributed by atoms with Crippen molar-refractivity contribution in [2.24, 2.45) is 0 Å². The van der Waals surface area contributed by atoms with E-state index in [1.807, 2.05) is 0 Å². The summed E-state index contributed by atoms with van der Waals surface area (Å²) in [6, 6.07) is 0. The number of hydrogen-bond acceptors (Lipinski definition) is 4. The van der Waals surface area contributed by atoms with Crippen LogP contribution in [0.25, 0.3) is 0 Å². The maximum absolute atomic E-state index is 4.58. The van der Waals surface area contributed by atoms with Crippen molar-refractivity contribution in [1.29, 1.82) is 0 Å². The number of rotatable bonds is 0. The molecule has 0 aromatic rings. The monoisotopic (exact) mass is 204 g/mol. The van der Waals surface area contributed by atoms with Crippen LogP contribution >= 0.6 is 0 Å². The molecule has 4 rings (SSSR count). The molecule has 0 aromatic heterocycles. The van der Waals surface area contributed by atoms with E-state index in [-0.39, 0.29) is 70.6 Å². The summed E-state index contributed by atoms with van der Waals surface area (Å²) >= 11 is 0. The van der Waals surface area contributed by atoms with Gasteiger partial charge in [-0.1, -0.05) is 0 Å². The van der Waals surface area contributed by atoms with Crippen LogP contribution < -0.4 is 0 Å². The van der Waals surface area contributed by atoms with Crippen molar-refractivity contribution in [3.8, 4) is 0 Å². The van der Waals surface area contributed by atoms with Gasteiger partial charge in [0.25, 0.3) is 0 Å². The molecule has 5 heteroatoms. The fourth-order valence-electron chi connectivity index (χ4n) is 0.368. The van der Waals surface area contributed by atoms with E-state index in [4.69, 9.17) is 0 Å². The largest absolute Gasteiger partial charge is 0.313 e. The van der Waals surface area contributed by atoms with Gasteiger partial charge >= 0.3 is 0 Å². The molecule has 0 bridgehead atoms. The Morgan fingerprint density at radius 2 is 0.667 bits per heavy atom. The third-order valence-corrected chi connectivity index (χ3v) is 1.21. The average molecular weight is 204 g/mol. The second-order valence-electron chi connectivity index (χ2n) is 2.02. The van der Waals surface area contributed by atoms with Gasteiger partial charge in [0.15, 0.2) is 0 Å². The van der Waals surface area contributed by atoms with E-state index >= 15 is 0 Å². The second-order valence-corrected chi connectivity index (χ2v) is 2.02. The van der Waals surface area contributed by atoms with Crippen LogP contribution in [-0.4, -0.2) is 70.6 Å². The summed E-state index contributed by atoms with van der Waals surface area (Å²) < 4.78 is 18.3. The molecule has 0 unspecified atom stereocenters.